The summed E-state index contributed by atoms with van der Waals surface area (Å²) in [4.78, 5) is 11.7. The van der Waals surface area contributed by atoms with Crippen molar-refractivity contribution in [3.63, 3.8) is 0 Å². The van der Waals surface area contributed by atoms with Gasteiger partial charge < -0.3 is 4.74 Å². The molecule has 0 unspecified atom stereocenters. The summed E-state index contributed by atoms with van der Waals surface area (Å²) in [5.41, 5.74) is 0.395. The minimum absolute atomic E-state index is 0.112. The number of rotatable bonds is 4. The summed E-state index contributed by atoms with van der Waals surface area (Å²) in [5.74, 6) is -0.392. The van der Waals surface area contributed by atoms with Gasteiger partial charge in [0.1, 0.15) is 5.75 Å². The van der Waals surface area contributed by atoms with E-state index in [1.807, 2.05) is 0 Å². The average molecular weight is 264 g/mol. The van der Waals surface area contributed by atoms with E-state index in [1.54, 1.807) is 13.2 Å². The molecule has 1 aromatic rings. The van der Waals surface area contributed by atoms with Gasteiger partial charge in [-0.1, -0.05) is 6.92 Å². The highest BCUT2D eigenvalue weighted by Crippen LogP contribution is 2.33. The van der Waals surface area contributed by atoms with Gasteiger partial charge in [0.25, 0.3) is 0 Å². The first-order chi connectivity index (χ1) is 7.87. The molecule has 0 amide bonds. The molecule has 1 aromatic carbocycles. The summed E-state index contributed by atoms with van der Waals surface area (Å²) in [6, 6.07) is 3.92. The summed E-state index contributed by atoms with van der Waals surface area (Å²) in [6.45, 7) is 1.70. The van der Waals surface area contributed by atoms with Crippen molar-refractivity contribution in [1.29, 1.82) is 0 Å². The van der Waals surface area contributed by atoms with Gasteiger partial charge in [0, 0.05) is 12.0 Å². The van der Waals surface area contributed by atoms with Crippen LogP contribution in [0.5, 0.6) is 5.75 Å². The van der Waals surface area contributed by atoms with E-state index in [0.717, 1.165) is 11.8 Å². The van der Waals surface area contributed by atoms with Gasteiger partial charge in [-0.05, 0) is 24.5 Å². The molecule has 0 heterocycles. The summed E-state index contributed by atoms with van der Waals surface area (Å²) in [5, 5.41) is 0. The topological polar surface area (TPSA) is 26.3 Å². The van der Waals surface area contributed by atoms with Crippen LogP contribution in [0.15, 0.2) is 23.1 Å². The first-order valence-electron chi connectivity index (χ1n) is 4.84. The Balaban J connectivity index is 3.05. The van der Waals surface area contributed by atoms with E-state index in [2.05, 4.69) is 4.74 Å². The Morgan fingerprint density at radius 3 is 2.53 bits per heavy atom. The number of ether oxygens (including phenoxy) is 1. The summed E-state index contributed by atoms with van der Waals surface area (Å²) < 4.78 is 40.1. The van der Waals surface area contributed by atoms with Gasteiger partial charge in [-0.15, -0.1) is 24.9 Å². The Kier molecular flexibility index (Phi) is 4.45. The third-order valence-corrected chi connectivity index (χ3v) is 2.79. The Labute approximate surface area is 101 Å². The molecular formula is C11H11F3O2S. The first kappa shape index (κ1) is 13.9. The monoisotopic (exact) mass is 264 g/mol. The number of halogens is 3. The maximum absolute atomic E-state index is 12.1. The fraction of sp³-hybridized carbons (Fsp3) is 0.364. The molecule has 0 radical (unpaired) electrons. The fourth-order valence-corrected chi connectivity index (χ4v) is 1.81. The van der Waals surface area contributed by atoms with Gasteiger partial charge >= 0.3 is 6.36 Å². The molecule has 0 aliphatic heterocycles. The van der Waals surface area contributed by atoms with Crippen molar-refractivity contribution in [2.45, 2.75) is 24.6 Å². The Morgan fingerprint density at radius 1 is 1.41 bits per heavy atom. The number of Topliss-reactive ketones (excluding diaryl/α,β-unsaturated/α-hetero) is 1. The number of alkyl halides is 3. The van der Waals surface area contributed by atoms with E-state index in [0.29, 0.717) is 16.9 Å². The van der Waals surface area contributed by atoms with Crippen LogP contribution in [-0.2, 0) is 0 Å². The number of hydrogen-bond donors (Lipinski definition) is 0. The van der Waals surface area contributed by atoms with Crippen molar-refractivity contribution in [2.24, 2.45) is 0 Å². The van der Waals surface area contributed by atoms with E-state index in [9.17, 15) is 18.0 Å². The van der Waals surface area contributed by atoms with Crippen molar-refractivity contribution in [1.82, 2.24) is 0 Å². The number of carbonyl (C=O) groups is 1. The smallest absolute Gasteiger partial charge is 0.405 e. The standard InChI is InChI=1S/C11H11F3O2S/c1-3-8(15)7-4-5-9(10(6-7)17-2)16-11(12,13)14/h4-6H,3H2,1-2H3. The fourth-order valence-electron chi connectivity index (χ4n) is 1.25. The zero-order valence-electron chi connectivity index (χ0n) is 9.30. The molecule has 17 heavy (non-hydrogen) atoms. The largest absolute Gasteiger partial charge is 0.573 e. The average Bonchev–Trinajstić information content (AvgIpc) is 2.26. The van der Waals surface area contributed by atoms with Crippen molar-refractivity contribution in [3.8, 4) is 5.75 Å². The van der Waals surface area contributed by atoms with Crippen LogP contribution in [0, 0.1) is 0 Å². The van der Waals surface area contributed by atoms with Gasteiger partial charge in [-0.2, -0.15) is 0 Å². The summed E-state index contributed by atoms with van der Waals surface area (Å²) in [7, 11) is 0. The van der Waals surface area contributed by atoms with Gasteiger partial charge in [-0.3, -0.25) is 4.79 Å². The maximum atomic E-state index is 12.1. The first-order valence-corrected chi connectivity index (χ1v) is 6.07. The normalized spacial score (nSPS) is 11.4. The van der Waals surface area contributed by atoms with Crippen LogP contribution < -0.4 is 4.74 Å². The third-order valence-electron chi connectivity index (χ3n) is 2.03. The molecule has 6 heteroatoms. The van der Waals surface area contributed by atoms with Crippen LogP contribution in [0.25, 0.3) is 0 Å². The van der Waals surface area contributed by atoms with E-state index in [-0.39, 0.29) is 11.5 Å². The second-order valence-electron chi connectivity index (χ2n) is 3.19. The zero-order chi connectivity index (χ0) is 13.1. The van der Waals surface area contributed by atoms with Crippen molar-refractivity contribution >= 4 is 17.5 Å². The highest BCUT2D eigenvalue weighted by molar-refractivity contribution is 7.98. The lowest BCUT2D eigenvalue weighted by atomic mass is 10.1. The second kappa shape index (κ2) is 5.44. The molecule has 94 valence electrons. The Morgan fingerprint density at radius 2 is 2.06 bits per heavy atom. The summed E-state index contributed by atoms with van der Waals surface area (Å²) in [6.07, 6.45) is -2.78. The predicted molar refractivity (Wildman–Crippen MR) is 59.5 cm³/mol. The number of benzene rings is 1. The van der Waals surface area contributed by atoms with E-state index >= 15 is 0 Å². The zero-order valence-corrected chi connectivity index (χ0v) is 10.1. The summed E-state index contributed by atoms with van der Waals surface area (Å²) >= 11 is 1.10. The lowest BCUT2D eigenvalue weighted by molar-refractivity contribution is -0.275. The second-order valence-corrected chi connectivity index (χ2v) is 4.04. The molecule has 1 rings (SSSR count). The molecule has 0 fully saturated rings. The highest BCUT2D eigenvalue weighted by atomic mass is 32.2. The van der Waals surface area contributed by atoms with Gasteiger partial charge in [-0.25, -0.2) is 0 Å². The Bertz CT molecular complexity index is 416. The molecular weight excluding hydrogens is 253 g/mol. The minimum Gasteiger partial charge on any atom is -0.405 e. The number of carbonyl (C=O) groups excluding carboxylic acids is 1. The lowest BCUT2D eigenvalue weighted by Gasteiger charge is -2.12. The van der Waals surface area contributed by atoms with Crippen molar-refractivity contribution in [3.05, 3.63) is 23.8 Å². The van der Waals surface area contributed by atoms with E-state index < -0.39 is 6.36 Å². The lowest BCUT2D eigenvalue weighted by Crippen LogP contribution is -2.17. The van der Waals surface area contributed by atoms with Crippen LogP contribution in [0.3, 0.4) is 0 Å². The quantitative estimate of drug-likeness (QED) is 0.609. The molecule has 0 N–H and O–H groups in total. The van der Waals surface area contributed by atoms with Crippen LogP contribution in [0.2, 0.25) is 0 Å². The van der Waals surface area contributed by atoms with Crippen LogP contribution in [0.1, 0.15) is 23.7 Å². The molecule has 0 saturated heterocycles. The molecule has 0 aliphatic carbocycles. The molecule has 0 spiro atoms. The molecule has 0 atom stereocenters. The number of thioether (sulfide) groups is 1. The molecule has 2 nitrogen and oxygen atoms in total. The molecule has 0 aliphatic rings. The minimum atomic E-state index is -4.72. The predicted octanol–water partition coefficient (Wildman–Crippen LogP) is 3.90. The third kappa shape index (κ3) is 3.96. The molecule has 0 saturated carbocycles. The molecule has 0 aromatic heterocycles. The molecule has 0 bridgehead atoms. The van der Waals surface area contributed by atoms with Crippen LogP contribution in [-0.4, -0.2) is 18.4 Å². The van der Waals surface area contributed by atoms with Crippen LogP contribution >= 0.6 is 11.8 Å². The van der Waals surface area contributed by atoms with E-state index in [1.165, 1.54) is 18.2 Å². The number of hydrogen-bond acceptors (Lipinski definition) is 3. The van der Waals surface area contributed by atoms with Gasteiger partial charge in [0.2, 0.25) is 0 Å². The maximum Gasteiger partial charge on any atom is 0.573 e. The van der Waals surface area contributed by atoms with Gasteiger partial charge in [0.05, 0.1) is 4.90 Å². The van der Waals surface area contributed by atoms with Gasteiger partial charge in [0.15, 0.2) is 5.78 Å². The highest BCUT2D eigenvalue weighted by Gasteiger charge is 2.32. The SMILES string of the molecule is CCC(=O)c1ccc(OC(F)(F)F)c(SC)c1. The van der Waals surface area contributed by atoms with E-state index in [4.69, 9.17) is 0 Å². The van der Waals surface area contributed by atoms with Crippen molar-refractivity contribution < 1.29 is 22.7 Å². The Hall–Kier alpha value is -1.17. The van der Waals surface area contributed by atoms with Crippen molar-refractivity contribution in [2.75, 3.05) is 6.26 Å². The number of ketones is 1. The van der Waals surface area contributed by atoms with Crippen LogP contribution in [0.4, 0.5) is 13.2 Å².